The lowest BCUT2D eigenvalue weighted by Crippen LogP contribution is -2.61. The summed E-state index contributed by atoms with van der Waals surface area (Å²) in [5.74, 6) is -9.72. The fourth-order valence-corrected chi connectivity index (χ4v) is 11.4. The number of benzene rings is 4. The molecule has 0 radical (unpaired) electrons. The molecular weight excluding hydrogens is 1320 g/mol. The number of hydrogen-bond donors (Lipinski definition) is 19. The second-order valence-corrected chi connectivity index (χ2v) is 25.6. The average molecular weight is 1420 g/mol. The number of aliphatic hydroxyl groups is 1. The Morgan fingerprint density at radius 1 is 0.564 bits per heavy atom. The number of anilines is 1. The predicted octanol–water partition coefficient (Wildman–Crippen LogP) is 0.172. The number of nitrogens with zero attached hydrogens (tertiary/aromatic N) is 1. The van der Waals surface area contributed by atoms with Gasteiger partial charge in [0.25, 0.3) is 0 Å². The van der Waals surface area contributed by atoms with Crippen LogP contribution in [0.5, 0.6) is 5.75 Å². The molecule has 0 unspecified atom stereocenters. The zero-order chi connectivity index (χ0) is 73.9. The van der Waals surface area contributed by atoms with E-state index in [1.807, 2.05) is 0 Å². The molecule has 6 rings (SSSR count). The Morgan fingerprint density at radius 3 is 1.67 bits per heavy atom. The van der Waals surface area contributed by atoms with E-state index < -0.39 is 138 Å². The van der Waals surface area contributed by atoms with Crippen molar-refractivity contribution in [3.8, 4) is 5.75 Å². The number of nitrogens with two attached hydrogens (primary N) is 2. The number of carbonyl (C=O) groups excluding carboxylic acids is 11. The van der Waals surface area contributed by atoms with Gasteiger partial charge >= 0.3 is 0 Å². The third-order valence-electron chi connectivity index (χ3n) is 16.5. The number of aromatic nitrogens is 1. The molecule has 1 aromatic heterocycles. The van der Waals surface area contributed by atoms with Crippen molar-refractivity contribution in [2.24, 2.45) is 17.4 Å². The summed E-state index contributed by atoms with van der Waals surface area (Å²) in [6, 6.07) is 14.4. The van der Waals surface area contributed by atoms with Crippen molar-refractivity contribution in [2.45, 2.75) is 159 Å². The molecule has 0 saturated carbocycles. The van der Waals surface area contributed by atoms with Gasteiger partial charge in [0.1, 0.15) is 66.2 Å². The molecule has 4 aromatic carbocycles. The van der Waals surface area contributed by atoms with Gasteiger partial charge in [-0.15, -0.1) is 0 Å². The number of hydrogen-bond acceptors (Lipinski definition) is 15. The van der Waals surface area contributed by atoms with Crippen molar-refractivity contribution >= 4 is 105 Å². The van der Waals surface area contributed by atoms with E-state index in [1.54, 1.807) is 98.9 Å². The van der Waals surface area contributed by atoms with E-state index in [0.29, 0.717) is 39.2 Å². The van der Waals surface area contributed by atoms with E-state index >= 15 is 0 Å². The summed E-state index contributed by atoms with van der Waals surface area (Å²) >= 11 is 6.00. The second kappa shape index (κ2) is 39.1. The first-order valence-electron chi connectivity index (χ1n) is 33.3. The number of nitrogens with one attached hydrogen (secondary N) is 15. The van der Waals surface area contributed by atoms with Gasteiger partial charge < -0.3 is 95.4 Å². The highest BCUT2D eigenvalue weighted by molar-refractivity contribution is 6.30. The summed E-state index contributed by atoms with van der Waals surface area (Å²) in [4.78, 5) is 159. The quantitative estimate of drug-likeness (QED) is 0.0143. The molecular formula is C69H93ClN18O13. The van der Waals surface area contributed by atoms with Gasteiger partial charge in [0, 0.05) is 73.6 Å². The predicted molar refractivity (Wildman–Crippen MR) is 378 cm³/mol. The molecule has 2 heterocycles. The van der Waals surface area contributed by atoms with Crippen molar-refractivity contribution in [3.63, 3.8) is 0 Å². The van der Waals surface area contributed by atoms with Gasteiger partial charge in [-0.2, -0.15) is 0 Å². The standard InChI is InChI=1S/C69H93ClN18O13/c1-38(2)32-52(62(96)83-51(19-12-30-76-69(73)74)67(101)88-31-13-20-57(88)66(100)79-39(3)58(92)81-46-25-23-45(70)24-26-46)85-60(94)50(18-11-29-75-68(71)72)82-63(97)54(34-43-21-27-47(91)28-22-43)86-65(99)56(37-89)87-64(98)55(35-44-36-77-49-17-10-9-16-48(44)49)84-59(93)40(4)78-61(95)53(80-41(5)90)33-42-14-7-6-8-15-42/h6-10,14-17,21-28,36,38-40,50-57,77,89,91H,11-13,18-20,29-35,37H2,1-5H3,(H,78,95)(H,79,100)(H,80,90)(H,81,92)(H,82,97)(H,83,96)(H,84,93)(H,85,94)(H,86,99)(H,87,98)(H4,71,72,75)(H4,73,74,76)/t39-,40+,50-,51+,52+,53-,54+,55-,56+,57+/m1/s1. The molecule has 11 amide bonds. The maximum absolute atomic E-state index is 14.9. The monoisotopic (exact) mass is 1420 g/mol. The molecule has 1 fully saturated rings. The number of aromatic amines is 1. The number of rotatable bonds is 37. The zero-order valence-electron chi connectivity index (χ0n) is 57.0. The Balaban J connectivity index is 1.22. The fraction of sp³-hybridized carbons (Fsp3) is 0.435. The lowest BCUT2D eigenvalue weighted by molar-refractivity contribution is -0.142. The molecule has 10 atom stereocenters. The summed E-state index contributed by atoms with van der Waals surface area (Å²) in [7, 11) is 0. The van der Waals surface area contributed by atoms with Gasteiger partial charge in [-0.25, -0.2) is 0 Å². The van der Waals surface area contributed by atoms with Crippen LogP contribution in [-0.2, 0) is 72.0 Å². The van der Waals surface area contributed by atoms with E-state index in [2.05, 4.69) is 68.8 Å². The van der Waals surface area contributed by atoms with E-state index in [4.69, 9.17) is 33.9 Å². The Hall–Kier alpha value is -10.8. The van der Waals surface area contributed by atoms with Crippen LogP contribution in [0.4, 0.5) is 5.69 Å². The summed E-state index contributed by atoms with van der Waals surface area (Å²) in [6.45, 7) is 6.88. The van der Waals surface area contributed by atoms with Crippen LogP contribution in [0.3, 0.4) is 0 Å². The minimum absolute atomic E-state index is 0.00703. The number of H-pyrrole nitrogens is 1. The van der Waals surface area contributed by atoms with Crippen molar-refractivity contribution in [3.05, 3.63) is 131 Å². The van der Waals surface area contributed by atoms with Crippen molar-refractivity contribution in [1.29, 1.82) is 10.8 Å². The maximum atomic E-state index is 14.9. The van der Waals surface area contributed by atoms with Gasteiger partial charge in [-0.3, -0.25) is 63.6 Å². The third-order valence-corrected chi connectivity index (χ3v) is 16.8. The van der Waals surface area contributed by atoms with Crippen molar-refractivity contribution in [2.75, 3.05) is 31.6 Å². The first-order valence-corrected chi connectivity index (χ1v) is 33.7. The third kappa shape index (κ3) is 25.5. The number of guanidine groups is 2. The number of para-hydroxylation sites is 1. The Morgan fingerprint density at radius 2 is 1.06 bits per heavy atom. The number of amides is 11. The molecule has 0 bridgehead atoms. The first kappa shape index (κ1) is 79.2. The molecule has 32 heteroatoms. The van der Waals surface area contributed by atoms with Crippen LogP contribution in [0, 0.1) is 16.7 Å². The smallest absolute Gasteiger partial charge is 0.246 e. The van der Waals surface area contributed by atoms with Gasteiger partial charge in [0.15, 0.2) is 11.9 Å². The first-order chi connectivity index (χ1) is 48.1. The van der Waals surface area contributed by atoms with Crippen molar-refractivity contribution < 1.29 is 63.0 Å². The summed E-state index contributed by atoms with van der Waals surface area (Å²) in [5, 5.41) is 69.4. The number of phenolic OH excluding ortho intramolecular Hbond substituents is 1. The highest BCUT2D eigenvalue weighted by Gasteiger charge is 2.40. The second-order valence-electron chi connectivity index (χ2n) is 25.2. The average Bonchev–Trinajstić information content (AvgIpc) is 1.75. The van der Waals surface area contributed by atoms with Gasteiger partial charge in [0.2, 0.25) is 65.0 Å². The minimum Gasteiger partial charge on any atom is -0.508 e. The molecule has 31 nitrogen and oxygen atoms in total. The van der Waals surface area contributed by atoms with Crippen molar-refractivity contribution in [1.82, 2.24) is 68.4 Å². The van der Waals surface area contributed by atoms with Gasteiger partial charge in [-0.05, 0) is 124 Å². The lowest BCUT2D eigenvalue weighted by atomic mass is 10.00. The fourth-order valence-electron chi connectivity index (χ4n) is 11.3. The number of aromatic hydroxyl groups is 1. The molecule has 1 saturated heterocycles. The Kier molecular flexibility index (Phi) is 30.6. The summed E-state index contributed by atoms with van der Waals surface area (Å²) in [5.41, 5.74) is 13.9. The van der Waals surface area contributed by atoms with Crippen LogP contribution in [0.15, 0.2) is 109 Å². The molecule has 0 aliphatic carbocycles. The van der Waals surface area contributed by atoms with E-state index in [0.717, 1.165) is 5.56 Å². The number of carbonyl (C=O) groups is 11. The van der Waals surface area contributed by atoms with Crippen LogP contribution in [0.2, 0.25) is 5.02 Å². The van der Waals surface area contributed by atoms with E-state index in [-0.39, 0.29) is 95.0 Å². The van der Waals surface area contributed by atoms with Crippen LogP contribution in [-0.4, -0.2) is 184 Å². The molecule has 5 aromatic rings. The van der Waals surface area contributed by atoms with Crippen LogP contribution >= 0.6 is 11.6 Å². The normalized spacial score (nSPS) is 15.2. The largest absolute Gasteiger partial charge is 0.508 e. The zero-order valence-corrected chi connectivity index (χ0v) is 57.8. The maximum Gasteiger partial charge on any atom is 0.246 e. The molecule has 0 spiro atoms. The summed E-state index contributed by atoms with van der Waals surface area (Å²) < 4.78 is 0. The van der Waals surface area contributed by atoms with E-state index in [9.17, 15) is 63.0 Å². The topological polar surface area (TPSA) is 491 Å². The summed E-state index contributed by atoms with van der Waals surface area (Å²) in [6.07, 6.45) is 1.93. The SMILES string of the molecule is CC(=O)N[C@H](Cc1ccccc1)C(=O)N[C@@H](C)C(=O)N[C@H](Cc1c[nH]c2ccccc12)C(=O)N[C@@H](CO)C(=O)N[C@@H](Cc1ccc(O)cc1)C(=O)N[C@H](CCCNC(=N)N)C(=O)N[C@@H](CC(C)C)C(=O)N[C@@H](CCCNC(=N)N)C(=O)N1CCC[C@H]1C(=O)N[C@H](C)C(=O)Nc1ccc(Cl)cc1. The minimum atomic E-state index is -1.81. The highest BCUT2D eigenvalue weighted by atomic mass is 35.5. The number of likely N-dealkylation sites (tertiary alicyclic amines) is 1. The van der Waals surface area contributed by atoms with E-state index in [1.165, 1.54) is 49.9 Å². The molecule has 1 aliphatic rings. The molecule has 21 N–H and O–H groups in total. The number of halogens is 1. The number of aliphatic hydroxyl groups excluding tert-OH is 1. The molecule has 1 aliphatic heterocycles. The van der Waals surface area contributed by atoms with Gasteiger partial charge in [-0.1, -0.05) is 86.1 Å². The van der Waals surface area contributed by atoms with Crippen LogP contribution < -0.4 is 75.3 Å². The highest BCUT2D eigenvalue weighted by Crippen LogP contribution is 2.23. The van der Waals surface area contributed by atoms with Gasteiger partial charge in [0.05, 0.1) is 6.61 Å². The molecule has 544 valence electrons. The van der Waals surface area contributed by atoms with Crippen LogP contribution in [0.1, 0.15) is 96.3 Å². The number of fused-ring (bicyclic) bond motifs is 1. The Bertz CT molecular complexity index is 3710. The Labute approximate surface area is 589 Å². The molecule has 101 heavy (non-hydrogen) atoms. The lowest BCUT2D eigenvalue weighted by Gasteiger charge is -2.31. The number of phenols is 1. The van der Waals surface area contributed by atoms with Crippen LogP contribution in [0.25, 0.3) is 10.9 Å².